The fraction of sp³-hybridized carbons (Fsp3) is 0.773. The van der Waals surface area contributed by atoms with E-state index < -0.39 is 12.1 Å². The van der Waals surface area contributed by atoms with Crippen molar-refractivity contribution in [3.63, 3.8) is 0 Å². The highest BCUT2D eigenvalue weighted by molar-refractivity contribution is 5.97. The van der Waals surface area contributed by atoms with E-state index in [0.29, 0.717) is 45.3 Å². The van der Waals surface area contributed by atoms with Gasteiger partial charge in [-0.2, -0.15) is 0 Å². The van der Waals surface area contributed by atoms with Crippen molar-refractivity contribution in [3.05, 3.63) is 0 Å². The van der Waals surface area contributed by atoms with Gasteiger partial charge in [-0.1, -0.05) is 0 Å². The molecule has 4 aliphatic heterocycles. The maximum absolute atomic E-state index is 13.4. The van der Waals surface area contributed by atoms with Crippen molar-refractivity contribution in [1.82, 2.24) is 25.3 Å². The van der Waals surface area contributed by atoms with Crippen LogP contribution in [-0.4, -0.2) is 94.6 Å². The lowest BCUT2D eigenvalue weighted by Crippen LogP contribution is -2.53. The van der Waals surface area contributed by atoms with Crippen molar-refractivity contribution in [3.8, 4) is 0 Å². The molecule has 4 atom stereocenters. The number of nitrogens with one attached hydrogen (secondary N) is 2. The molecule has 1 saturated carbocycles. The highest BCUT2D eigenvalue weighted by atomic mass is 16.2. The van der Waals surface area contributed by atoms with E-state index in [1.807, 2.05) is 0 Å². The minimum absolute atomic E-state index is 0.0244. The fourth-order valence-corrected chi connectivity index (χ4v) is 5.72. The van der Waals surface area contributed by atoms with Crippen LogP contribution in [0.25, 0.3) is 0 Å². The Labute approximate surface area is 187 Å². The summed E-state index contributed by atoms with van der Waals surface area (Å²) in [6.45, 7) is 3.45. The molecule has 5 rings (SSSR count). The Morgan fingerprint density at radius 1 is 0.969 bits per heavy atom. The number of amides is 5. The summed E-state index contributed by atoms with van der Waals surface area (Å²) in [5.41, 5.74) is 0. The molecule has 10 heteroatoms. The van der Waals surface area contributed by atoms with Gasteiger partial charge in [0.25, 0.3) is 0 Å². The third-order valence-electron chi connectivity index (χ3n) is 7.73. The van der Waals surface area contributed by atoms with Crippen LogP contribution in [0.5, 0.6) is 0 Å². The number of nitrogens with zero attached hydrogens (tertiary/aromatic N) is 3. The van der Waals surface area contributed by atoms with Gasteiger partial charge in [-0.15, -0.1) is 0 Å². The molecule has 0 aromatic heterocycles. The summed E-state index contributed by atoms with van der Waals surface area (Å²) in [6, 6.07) is -1.88. The fourth-order valence-electron chi connectivity index (χ4n) is 5.72. The molecule has 5 amide bonds. The van der Waals surface area contributed by atoms with Gasteiger partial charge >= 0.3 is 0 Å². The van der Waals surface area contributed by atoms with E-state index in [1.165, 1.54) is 6.92 Å². The lowest BCUT2D eigenvalue weighted by molar-refractivity contribution is -0.145. The molecule has 1 aliphatic carbocycles. The molecule has 0 bridgehead atoms. The Morgan fingerprint density at radius 3 is 2.34 bits per heavy atom. The van der Waals surface area contributed by atoms with Gasteiger partial charge in [0.05, 0.1) is 6.04 Å². The van der Waals surface area contributed by atoms with Crippen molar-refractivity contribution < 1.29 is 24.0 Å². The molecule has 4 saturated heterocycles. The average molecular weight is 446 g/mol. The Kier molecular flexibility index (Phi) is 5.33. The molecule has 4 heterocycles. The van der Waals surface area contributed by atoms with E-state index in [1.54, 1.807) is 14.7 Å². The molecule has 5 aliphatic rings. The summed E-state index contributed by atoms with van der Waals surface area (Å²) in [5.74, 6) is -0.545. The van der Waals surface area contributed by atoms with Crippen LogP contribution < -0.4 is 10.6 Å². The first-order valence-corrected chi connectivity index (χ1v) is 11.8. The summed E-state index contributed by atoms with van der Waals surface area (Å²) < 4.78 is 0. The van der Waals surface area contributed by atoms with Crippen molar-refractivity contribution in [2.24, 2.45) is 11.8 Å². The Morgan fingerprint density at radius 2 is 1.69 bits per heavy atom. The first-order valence-electron chi connectivity index (χ1n) is 11.8. The Balaban J connectivity index is 1.23. The smallest absolute Gasteiger partial charge is 0.248 e. The van der Waals surface area contributed by atoms with Crippen LogP contribution in [-0.2, 0) is 24.0 Å². The zero-order valence-electron chi connectivity index (χ0n) is 18.4. The van der Waals surface area contributed by atoms with Crippen LogP contribution in [0.4, 0.5) is 0 Å². The number of carbonyl (C=O) groups excluding carboxylic acids is 5. The van der Waals surface area contributed by atoms with Gasteiger partial charge in [-0.25, -0.2) is 0 Å². The first-order chi connectivity index (χ1) is 15.3. The van der Waals surface area contributed by atoms with Gasteiger partial charge in [0.15, 0.2) is 0 Å². The van der Waals surface area contributed by atoms with Crippen LogP contribution in [0.15, 0.2) is 0 Å². The van der Waals surface area contributed by atoms with Gasteiger partial charge in [0, 0.05) is 51.0 Å². The highest BCUT2D eigenvalue weighted by Crippen LogP contribution is 2.36. The quantitative estimate of drug-likeness (QED) is 0.568. The van der Waals surface area contributed by atoms with Gasteiger partial charge < -0.3 is 25.3 Å². The van der Waals surface area contributed by atoms with Crippen LogP contribution >= 0.6 is 0 Å². The van der Waals surface area contributed by atoms with Gasteiger partial charge in [0.2, 0.25) is 29.5 Å². The van der Waals surface area contributed by atoms with E-state index in [9.17, 15) is 24.0 Å². The van der Waals surface area contributed by atoms with Crippen LogP contribution in [0, 0.1) is 11.8 Å². The second kappa shape index (κ2) is 8.04. The second-order valence-corrected chi connectivity index (χ2v) is 9.88. The Hall–Kier alpha value is -2.65. The summed E-state index contributed by atoms with van der Waals surface area (Å²) in [6.07, 6.45) is 3.96. The zero-order valence-corrected chi connectivity index (χ0v) is 18.4. The van der Waals surface area contributed by atoms with Crippen molar-refractivity contribution in [2.75, 3.05) is 26.2 Å². The third-order valence-corrected chi connectivity index (χ3v) is 7.73. The molecule has 174 valence electrons. The lowest BCUT2D eigenvalue weighted by Gasteiger charge is -2.31. The van der Waals surface area contributed by atoms with Crippen LogP contribution in [0.3, 0.4) is 0 Å². The topological polar surface area (TPSA) is 119 Å². The minimum Gasteiger partial charge on any atom is -0.351 e. The molecular weight excluding hydrogens is 414 g/mol. The molecule has 5 fully saturated rings. The largest absolute Gasteiger partial charge is 0.351 e. The molecule has 0 radical (unpaired) electrons. The predicted octanol–water partition coefficient (Wildman–Crippen LogP) is -1.16. The maximum Gasteiger partial charge on any atom is 0.248 e. The van der Waals surface area contributed by atoms with E-state index in [2.05, 4.69) is 10.6 Å². The molecule has 0 aromatic rings. The lowest BCUT2D eigenvalue weighted by atomic mass is 9.95. The van der Waals surface area contributed by atoms with Crippen molar-refractivity contribution >= 4 is 29.5 Å². The number of fused-ring (bicyclic) bond motifs is 2. The van der Waals surface area contributed by atoms with E-state index in [-0.39, 0.29) is 60.0 Å². The molecular formula is C22H31N5O5. The monoisotopic (exact) mass is 445 g/mol. The third kappa shape index (κ3) is 3.73. The summed E-state index contributed by atoms with van der Waals surface area (Å²) in [5, 5.41) is 6.03. The molecule has 0 spiro atoms. The summed E-state index contributed by atoms with van der Waals surface area (Å²) in [4.78, 5) is 68.3. The number of carbonyl (C=O) groups is 5. The Bertz CT molecular complexity index is 850. The maximum atomic E-state index is 13.4. The summed E-state index contributed by atoms with van der Waals surface area (Å²) >= 11 is 0. The number of hydrogen-bond donors (Lipinski definition) is 2. The highest BCUT2D eigenvalue weighted by Gasteiger charge is 2.53. The number of rotatable bonds is 3. The SMILES string of the molecule is CC(=O)N1CCC(C(=O)N[C@H]2C[C@@H]3C(=O)N[C@H]4CCN(C(=O)C5CC5)[C@@H]4C(=O)N3C2)CC1. The standard InChI is InChI=1S/C22H31N5O5/c1-12(28)25-7-4-13(5-8-25)19(29)23-15-10-17-20(30)24-16-6-9-26(21(31)14-2-3-14)18(16)22(32)27(17)11-15/h13-18H,2-11H2,1H3,(H,23,29)(H,24,30)/t15-,16-,17+,18-/m0/s1. The van der Waals surface area contributed by atoms with E-state index in [0.717, 1.165) is 12.8 Å². The van der Waals surface area contributed by atoms with E-state index in [4.69, 9.17) is 0 Å². The first kappa shape index (κ1) is 21.2. The molecule has 0 unspecified atom stereocenters. The van der Waals surface area contributed by atoms with Crippen LogP contribution in [0.2, 0.25) is 0 Å². The second-order valence-electron chi connectivity index (χ2n) is 9.88. The van der Waals surface area contributed by atoms with Gasteiger partial charge in [0.1, 0.15) is 12.1 Å². The van der Waals surface area contributed by atoms with Gasteiger partial charge in [-0.05, 0) is 38.5 Å². The molecule has 0 aromatic carbocycles. The molecule has 32 heavy (non-hydrogen) atoms. The van der Waals surface area contributed by atoms with Crippen LogP contribution in [0.1, 0.15) is 45.4 Å². The predicted molar refractivity (Wildman–Crippen MR) is 112 cm³/mol. The van der Waals surface area contributed by atoms with Gasteiger partial charge in [-0.3, -0.25) is 24.0 Å². The summed E-state index contributed by atoms with van der Waals surface area (Å²) in [7, 11) is 0. The average Bonchev–Trinajstić information content (AvgIpc) is 3.43. The normalized spacial score (nSPS) is 32.8. The minimum atomic E-state index is -0.637. The van der Waals surface area contributed by atoms with Crippen molar-refractivity contribution in [2.45, 2.75) is 69.6 Å². The molecule has 10 nitrogen and oxygen atoms in total. The number of hydrogen-bond acceptors (Lipinski definition) is 5. The van der Waals surface area contributed by atoms with E-state index >= 15 is 0 Å². The zero-order chi connectivity index (χ0) is 22.6. The number of likely N-dealkylation sites (tertiary alicyclic amines) is 2. The number of piperidine rings is 1. The molecule has 2 N–H and O–H groups in total. The van der Waals surface area contributed by atoms with Crippen molar-refractivity contribution in [1.29, 1.82) is 0 Å².